The highest BCUT2D eigenvalue weighted by Gasteiger charge is 2.28. The fourth-order valence-corrected chi connectivity index (χ4v) is 2.00. The Labute approximate surface area is 98.3 Å². The molecule has 1 rings (SSSR count). The summed E-state index contributed by atoms with van der Waals surface area (Å²) in [5.74, 6) is 0. The average molecular weight is 228 g/mol. The minimum Gasteiger partial charge on any atom is -0.446 e. The molecule has 16 heavy (non-hydrogen) atoms. The SMILES string of the molecule is CCN(C(=O)OC1CCNCC1)C(C)(C)C. The van der Waals surface area contributed by atoms with Gasteiger partial charge in [-0.3, -0.25) is 0 Å². The average Bonchev–Trinajstić information content (AvgIpc) is 2.17. The second-order valence-corrected chi connectivity index (χ2v) is 5.25. The molecule has 1 N–H and O–H groups in total. The smallest absolute Gasteiger partial charge is 0.410 e. The molecule has 0 spiro atoms. The number of amides is 1. The van der Waals surface area contributed by atoms with Gasteiger partial charge in [0.15, 0.2) is 0 Å². The lowest BCUT2D eigenvalue weighted by atomic mass is 10.1. The van der Waals surface area contributed by atoms with Crippen molar-refractivity contribution in [2.75, 3.05) is 19.6 Å². The number of carbonyl (C=O) groups excluding carboxylic acids is 1. The van der Waals surface area contributed by atoms with Crippen molar-refractivity contribution >= 4 is 6.09 Å². The number of nitrogens with one attached hydrogen (secondary N) is 1. The third-order valence-electron chi connectivity index (χ3n) is 2.90. The molecular weight excluding hydrogens is 204 g/mol. The molecule has 0 aromatic carbocycles. The maximum Gasteiger partial charge on any atom is 0.410 e. The predicted molar refractivity (Wildman–Crippen MR) is 64.5 cm³/mol. The Bertz CT molecular complexity index is 230. The monoisotopic (exact) mass is 228 g/mol. The quantitative estimate of drug-likeness (QED) is 0.786. The van der Waals surface area contributed by atoms with Crippen molar-refractivity contribution in [3.8, 4) is 0 Å². The van der Waals surface area contributed by atoms with Crippen molar-refractivity contribution < 1.29 is 9.53 Å². The first-order valence-electron chi connectivity index (χ1n) is 6.14. The Hall–Kier alpha value is -0.770. The van der Waals surface area contributed by atoms with E-state index in [1.54, 1.807) is 4.90 Å². The van der Waals surface area contributed by atoms with Gasteiger partial charge in [0.25, 0.3) is 0 Å². The van der Waals surface area contributed by atoms with Gasteiger partial charge < -0.3 is 15.0 Å². The fourth-order valence-electron chi connectivity index (χ4n) is 2.00. The molecule has 0 aromatic heterocycles. The molecule has 0 radical (unpaired) electrons. The molecule has 94 valence electrons. The van der Waals surface area contributed by atoms with Crippen LogP contribution < -0.4 is 5.32 Å². The van der Waals surface area contributed by atoms with Crippen LogP contribution in [-0.4, -0.2) is 42.3 Å². The molecule has 1 saturated heterocycles. The second kappa shape index (κ2) is 5.53. The van der Waals surface area contributed by atoms with E-state index in [0.717, 1.165) is 25.9 Å². The van der Waals surface area contributed by atoms with Gasteiger partial charge in [-0.05, 0) is 53.6 Å². The second-order valence-electron chi connectivity index (χ2n) is 5.25. The number of nitrogens with zero attached hydrogens (tertiary/aromatic N) is 1. The van der Waals surface area contributed by atoms with Gasteiger partial charge in [-0.15, -0.1) is 0 Å². The van der Waals surface area contributed by atoms with Crippen LogP contribution in [-0.2, 0) is 4.74 Å². The first-order valence-corrected chi connectivity index (χ1v) is 6.14. The largest absolute Gasteiger partial charge is 0.446 e. The Kier molecular flexibility index (Phi) is 4.59. The van der Waals surface area contributed by atoms with Gasteiger partial charge in [-0.25, -0.2) is 4.79 Å². The number of carbonyl (C=O) groups is 1. The third kappa shape index (κ3) is 3.67. The van der Waals surface area contributed by atoms with Crippen LogP contribution in [0.15, 0.2) is 0 Å². The van der Waals surface area contributed by atoms with E-state index < -0.39 is 0 Å². The molecule has 0 aliphatic carbocycles. The Morgan fingerprint density at radius 1 is 1.38 bits per heavy atom. The molecule has 0 bridgehead atoms. The Morgan fingerprint density at radius 2 is 1.94 bits per heavy atom. The third-order valence-corrected chi connectivity index (χ3v) is 2.90. The molecule has 0 aromatic rings. The first-order chi connectivity index (χ1) is 7.45. The highest BCUT2D eigenvalue weighted by Crippen LogP contribution is 2.17. The summed E-state index contributed by atoms with van der Waals surface area (Å²) in [6.07, 6.45) is 1.76. The number of ether oxygens (including phenoxy) is 1. The van der Waals surface area contributed by atoms with E-state index in [1.807, 2.05) is 27.7 Å². The molecule has 1 aliphatic rings. The molecule has 1 heterocycles. The molecule has 0 saturated carbocycles. The van der Waals surface area contributed by atoms with Gasteiger partial charge in [0.2, 0.25) is 0 Å². The van der Waals surface area contributed by atoms with Gasteiger partial charge in [0, 0.05) is 12.1 Å². The zero-order valence-electron chi connectivity index (χ0n) is 10.9. The minimum absolute atomic E-state index is 0.0881. The first kappa shape index (κ1) is 13.3. The number of piperidine rings is 1. The number of hydrogen-bond donors (Lipinski definition) is 1. The highest BCUT2D eigenvalue weighted by molar-refractivity contribution is 5.68. The standard InChI is InChI=1S/C12H24N2O2/c1-5-14(12(2,3)4)11(15)16-10-6-8-13-9-7-10/h10,13H,5-9H2,1-4H3. The molecule has 1 fully saturated rings. The van der Waals surface area contributed by atoms with Crippen molar-refractivity contribution in [1.29, 1.82) is 0 Å². The van der Waals surface area contributed by atoms with Crippen LogP contribution in [0.25, 0.3) is 0 Å². The molecule has 4 heteroatoms. The van der Waals surface area contributed by atoms with Crippen LogP contribution in [0.3, 0.4) is 0 Å². The maximum atomic E-state index is 12.0. The summed E-state index contributed by atoms with van der Waals surface area (Å²) < 4.78 is 5.52. The molecule has 1 aliphatic heterocycles. The van der Waals surface area contributed by atoms with Gasteiger partial charge in [0.1, 0.15) is 6.10 Å². The normalized spacial score (nSPS) is 18.2. The molecular formula is C12H24N2O2. The predicted octanol–water partition coefficient (Wildman–Crippen LogP) is 2.00. The Balaban J connectivity index is 2.48. The van der Waals surface area contributed by atoms with Crippen molar-refractivity contribution in [2.45, 2.75) is 52.2 Å². The summed E-state index contributed by atoms with van der Waals surface area (Å²) in [5.41, 5.74) is -0.168. The van der Waals surface area contributed by atoms with Gasteiger partial charge in [-0.2, -0.15) is 0 Å². The van der Waals surface area contributed by atoms with Crippen molar-refractivity contribution in [1.82, 2.24) is 10.2 Å². The van der Waals surface area contributed by atoms with Gasteiger partial charge >= 0.3 is 6.09 Å². The lowest BCUT2D eigenvalue weighted by molar-refractivity contribution is 0.0288. The molecule has 1 amide bonds. The summed E-state index contributed by atoms with van der Waals surface area (Å²) in [6, 6.07) is 0. The van der Waals surface area contributed by atoms with Crippen LogP contribution in [0, 0.1) is 0 Å². The molecule has 4 nitrogen and oxygen atoms in total. The maximum absolute atomic E-state index is 12.0. The van der Waals surface area contributed by atoms with Crippen LogP contribution >= 0.6 is 0 Å². The van der Waals surface area contributed by atoms with Crippen LogP contribution in [0.4, 0.5) is 4.79 Å². The van der Waals surface area contributed by atoms with Gasteiger partial charge in [-0.1, -0.05) is 0 Å². The van der Waals surface area contributed by atoms with E-state index in [0.29, 0.717) is 6.54 Å². The summed E-state index contributed by atoms with van der Waals surface area (Å²) in [7, 11) is 0. The summed E-state index contributed by atoms with van der Waals surface area (Å²) in [4.78, 5) is 13.7. The molecule has 0 unspecified atom stereocenters. The van der Waals surface area contributed by atoms with E-state index in [2.05, 4.69) is 5.32 Å². The van der Waals surface area contributed by atoms with Crippen molar-refractivity contribution in [3.63, 3.8) is 0 Å². The lowest BCUT2D eigenvalue weighted by Gasteiger charge is -2.35. The number of rotatable bonds is 2. The number of hydrogen-bond acceptors (Lipinski definition) is 3. The van der Waals surface area contributed by atoms with Crippen molar-refractivity contribution in [3.05, 3.63) is 0 Å². The topological polar surface area (TPSA) is 41.6 Å². The Morgan fingerprint density at radius 3 is 2.38 bits per heavy atom. The van der Waals surface area contributed by atoms with Crippen LogP contribution in [0.1, 0.15) is 40.5 Å². The summed E-state index contributed by atoms with van der Waals surface area (Å²) in [5, 5.41) is 3.26. The molecule has 0 atom stereocenters. The van der Waals surface area contributed by atoms with E-state index in [9.17, 15) is 4.79 Å². The summed E-state index contributed by atoms with van der Waals surface area (Å²) in [6.45, 7) is 10.6. The fraction of sp³-hybridized carbons (Fsp3) is 0.917. The zero-order valence-corrected chi connectivity index (χ0v) is 10.9. The zero-order chi connectivity index (χ0) is 12.2. The van der Waals surface area contributed by atoms with E-state index >= 15 is 0 Å². The van der Waals surface area contributed by atoms with Crippen LogP contribution in [0.5, 0.6) is 0 Å². The highest BCUT2D eigenvalue weighted by atomic mass is 16.6. The lowest BCUT2D eigenvalue weighted by Crippen LogP contribution is -2.47. The van der Waals surface area contributed by atoms with Crippen molar-refractivity contribution in [2.24, 2.45) is 0 Å². The van der Waals surface area contributed by atoms with E-state index in [-0.39, 0.29) is 17.7 Å². The summed E-state index contributed by atoms with van der Waals surface area (Å²) >= 11 is 0. The van der Waals surface area contributed by atoms with Gasteiger partial charge in [0.05, 0.1) is 0 Å². The minimum atomic E-state index is -0.179. The van der Waals surface area contributed by atoms with E-state index in [1.165, 1.54) is 0 Å². The van der Waals surface area contributed by atoms with E-state index in [4.69, 9.17) is 4.74 Å². The van der Waals surface area contributed by atoms with Crippen LogP contribution in [0.2, 0.25) is 0 Å².